The number of hydrogen-bond acceptors (Lipinski definition) is 6. The van der Waals surface area contributed by atoms with Crippen LogP contribution in [0.3, 0.4) is 0 Å². The van der Waals surface area contributed by atoms with Gasteiger partial charge in [-0.3, -0.25) is 4.79 Å². The first-order chi connectivity index (χ1) is 9.96. The fraction of sp³-hybridized carbons (Fsp3) is 0.667. The monoisotopic (exact) mass is 297 g/mol. The van der Waals surface area contributed by atoms with Gasteiger partial charge in [-0.05, 0) is 18.6 Å². The number of aliphatic hydroxyl groups is 1. The van der Waals surface area contributed by atoms with Gasteiger partial charge in [0.2, 0.25) is 0 Å². The zero-order chi connectivity index (χ0) is 15.5. The van der Waals surface area contributed by atoms with Gasteiger partial charge in [0.05, 0.1) is 38.5 Å². The van der Waals surface area contributed by atoms with Crippen LogP contribution in [0.5, 0.6) is 0 Å². The highest BCUT2D eigenvalue weighted by atomic mass is 16.7. The smallest absolute Gasteiger partial charge is 0.310 e. The molecule has 1 aromatic heterocycles. The molecule has 2 heterocycles. The Hall–Kier alpha value is -1.37. The van der Waals surface area contributed by atoms with E-state index < -0.39 is 5.41 Å². The number of ether oxygens (including phenoxy) is 1. The molecule has 1 N–H and O–H groups in total. The van der Waals surface area contributed by atoms with Crippen molar-refractivity contribution >= 4 is 5.97 Å². The molecule has 0 saturated carbocycles. The first-order valence-electron chi connectivity index (χ1n) is 7.08. The lowest BCUT2D eigenvalue weighted by Crippen LogP contribution is -2.29. The van der Waals surface area contributed by atoms with Crippen LogP contribution in [0.25, 0.3) is 0 Å². The molecule has 0 bridgehead atoms. The van der Waals surface area contributed by atoms with E-state index in [2.05, 4.69) is 0 Å². The molecule has 6 nitrogen and oxygen atoms in total. The Bertz CT molecular complexity index is 457. The molecule has 0 amide bonds. The second-order valence-corrected chi connectivity index (χ2v) is 6.18. The van der Waals surface area contributed by atoms with Crippen LogP contribution in [0, 0.1) is 11.3 Å². The molecule has 118 valence electrons. The molecule has 6 heteroatoms. The molecule has 0 aromatic carbocycles. The van der Waals surface area contributed by atoms with Crippen LogP contribution in [0.1, 0.15) is 32.1 Å². The second-order valence-electron chi connectivity index (χ2n) is 6.18. The number of nitrogens with zero attached hydrogens (tertiary/aromatic N) is 1. The quantitative estimate of drug-likeness (QED) is 0.807. The van der Waals surface area contributed by atoms with Gasteiger partial charge in [-0.15, -0.1) is 0 Å². The molecule has 0 radical (unpaired) electrons. The third kappa shape index (κ3) is 3.84. The highest BCUT2D eigenvalue weighted by Crippen LogP contribution is 2.36. The van der Waals surface area contributed by atoms with Gasteiger partial charge in [-0.25, -0.2) is 0 Å². The molecule has 1 saturated heterocycles. The number of aliphatic hydroxyl groups excluding tert-OH is 1. The fourth-order valence-corrected chi connectivity index (χ4v) is 2.35. The minimum atomic E-state index is -0.421. The Kier molecular flexibility index (Phi) is 5.03. The Morgan fingerprint density at radius 1 is 1.57 bits per heavy atom. The molecular weight excluding hydrogens is 274 g/mol. The van der Waals surface area contributed by atoms with E-state index in [9.17, 15) is 9.90 Å². The van der Waals surface area contributed by atoms with Crippen molar-refractivity contribution in [2.45, 2.75) is 26.3 Å². The largest absolute Gasteiger partial charge is 0.468 e. The summed E-state index contributed by atoms with van der Waals surface area (Å²) in [6, 6.07) is 3.62. The van der Waals surface area contributed by atoms with E-state index >= 15 is 0 Å². The maximum Gasteiger partial charge on any atom is 0.310 e. The summed E-state index contributed by atoms with van der Waals surface area (Å²) >= 11 is 0. The molecule has 2 atom stereocenters. The van der Waals surface area contributed by atoms with Crippen LogP contribution in [-0.4, -0.2) is 43.0 Å². The number of carbonyl (C=O) groups excluding carboxylic acids is 1. The summed E-state index contributed by atoms with van der Waals surface area (Å²) in [5, 5.41) is 10.9. The fourth-order valence-electron chi connectivity index (χ4n) is 2.35. The number of rotatable bonds is 6. The van der Waals surface area contributed by atoms with E-state index in [1.54, 1.807) is 18.4 Å². The van der Waals surface area contributed by atoms with Crippen LogP contribution in [0.2, 0.25) is 0 Å². The van der Waals surface area contributed by atoms with E-state index in [1.165, 1.54) is 0 Å². The summed E-state index contributed by atoms with van der Waals surface area (Å²) in [5.74, 6) is 0.269. The van der Waals surface area contributed by atoms with Gasteiger partial charge in [-0.1, -0.05) is 13.8 Å². The number of hydroxylamine groups is 2. The third-order valence-corrected chi connectivity index (χ3v) is 3.73. The topological polar surface area (TPSA) is 72.1 Å². The van der Waals surface area contributed by atoms with Crippen LogP contribution in [0.4, 0.5) is 0 Å². The number of hydrogen-bond donors (Lipinski definition) is 1. The van der Waals surface area contributed by atoms with Crippen molar-refractivity contribution in [2.24, 2.45) is 11.3 Å². The SMILES string of the molecule is CON1C[C@@H](C(=O)OCC(C)(C)CO)C[C@H]1c1ccco1. The summed E-state index contributed by atoms with van der Waals surface area (Å²) in [6.45, 7) is 4.35. The van der Waals surface area contributed by atoms with Crippen LogP contribution >= 0.6 is 0 Å². The zero-order valence-electron chi connectivity index (χ0n) is 12.7. The lowest BCUT2D eigenvalue weighted by atomic mass is 9.96. The molecule has 1 aliphatic rings. The highest BCUT2D eigenvalue weighted by molar-refractivity contribution is 5.73. The van der Waals surface area contributed by atoms with Gasteiger partial charge in [0, 0.05) is 12.0 Å². The molecule has 1 aromatic rings. The van der Waals surface area contributed by atoms with Crippen molar-refractivity contribution in [1.82, 2.24) is 5.06 Å². The minimum Gasteiger partial charge on any atom is -0.468 e. The molecule has 1 aliphatic heterocycles. The van der Waals surface area contributed by atoms with Crippen molar-refractivity contribution in [3.8, 4) is 0 Å². The summed E-state index contributed by atoms with van der Waals surface area (Å²) in [4.78, 5) is 17.5. The van der Waals surface area contributed by atoms with Crippen molar-refractivity contribution in [1.29, 1.82) is 0 Å². The van der Waals surface area contributed by atoms with E-state index in [1.807, 2.05) is 26.0 Å². The first-order valence-corrected chi connectivity index (χ1v) is 7.08. The summed E-state index contributed by atoms with van der Waals surface area (Å²) in [7, 11) is 1.58. The van der Waals surface area contributed by atoms with Crippen molar-refractivity contribution in [2.75, 3.05) is 26.9 Å². The molecule has 21 heavy (non-hydrogen) atoms. The number of carbonyl (C=O) groups is 1. The second kappa shape index (κ2) is 6.60. The molecule has 2 rings (SSSR count). The predicted octanol–water partition coefficient (Wildman–Crippen LogP) is 1.77. The van der Waals surface area contributed by atoms with Gasteiger partial charge in [0.1, 0.15) is 5.76 Å². The maximum absolute atomic E-state index is 12.2. The first kappa shape index (κ1) is 16.0. The minimum absolute atomic E-state index is 0.0236. The maximum atomic E-state index is 12.2. The molecule has 0 aliphatic carbocycles. The number of furan rings is 1. The Morgan fingerprint density at radius 2 is 2.33 bits per heavy atom. The van der Waals surface area contributed by atoms with Gasteiger partial charge < -0.3 is 19.1 Å². The average Bonchev–Trinajstić information content (AvgIpc) is 3.12. The summed E-state index contributed by atoms with van der Waals surface area (Å²) < 4.78 is 10.7. The van der Waals surface area contributed by atoms with Crippen LogP contribution < -0.4 is 0 Å². The van der Waals surface area contributed by atoms with E-state index in [0.29, 0.717) is 13.0 Å². The predicted molar refractivity (Wildman–Crippen MR) is 75.1 cm³/mol. The molecule has 0 unspecified atom stereocenters. The van der Waals surface area contributed by atoms with Crippen LogP contribution in [0.15, 0.2) is 22.8 Å². The van der Waals surface area contributed by atoms with Crippen molar-refractivity contribution < 1.29 is 23.9 Å². The average molecular weight is 297 g/mol. The Labute approximate surface area is 124 Å². The molecule has 1 fully saturated rings. The van der Waals surface area contributed by atoms with E-state index in [-0.39, 0.29) is 31.1 Å². The third-order valence-electron chi connectivity index (χ3n) is 3.73. The normalized spacial score (nSPS) is 23.4. The van der Waals surface area contributed by atoms with Gasteiger partial charge in [0.25, 0.3) is 0 Å². The Morgan fingerprint density at radius 3 is 2.90 bits per heavy atom. The van der Waals surface area contributed by atoms with Gasteiger partial charge in [0.15, 0.2) is 0 Å². The van der Waals surface area contributed by atoms with Crippen molar-refractivity contribution in [3.63, 3.8) is 0 Å². The lowest BCUT2D eigenvalue weighted by molar-refractivity contribution is -0.159. The zero-order valence-corrected chi connectivity index (χ0v) is 12.7. The summed E-state index contributed by atoms with van der Waals surface area (Å²) in [6.07, 6.45) is 2.21. The van der Waals surface area contributed by atoms with Gasteiger partial charge >= 0.3 is 5.97 Å². The number of esters is 1. The van der Waals surface area contributed by atoms with Crippen LogP contribution in [-0.2, 0) is 14.4 Å². The summed E-state index contributed by atoms with van der Waals surface area (Å²) in [5.41, 5.74) is -0.421. The lowest BCUT2D eigenvalue weighted by Gasteiger charge is -2.22. The van der Waals surface area contributed by atoms with Crippen molar-refractivity contribution in [3.05, 3.63) is 24.2 Å². The Balaban J connectivity index is 1.94. The van der Waals surface area contributed by atoms with E-state index in [4.69, 9.17) is 14.0 Å². The standard InChI is InChI=1S/C15H23NO5/c1-15(2,9-17)10-21-14(18)11-7-12(16(8-11)19-3)13-5-4-6-20-13/h4-6,11-12,17H,7-10H2,1-3H3/t11-,12-/m0/s1. The highest BCUT2D eigenvalue weighted by Gasteiger charge is 2.40. The molecule has 0 spiro atoms. The van der Waals surface area contributed by atoms with Gasteiger partial charge in [-0.2, -0.15) is 5.06 Å². The molecular formula is C15H23NO5. The van der Waals surface area contributed by atoms with E-state index in [0.717, 1.165) is 5.76 Å².